The van der Waals surface area contributed by atoms with E-state index in [1.54, 1.807) is 0 Å². The summed E-state index contributed by atoms with van der Waals surface area (Å²) in [5.41, 5.74) is 0. The third kappa shape index (κ3) is 3.90. The molecular weight excluding hydrogens is 178 g/mol. The second-order valence-corrected chi connectivity index (χ2v) is 5.01. The van der Waals surface area contributed by atoms with Crippen LogP contribution in [-0.2, 0) is 0 Å². The summed E-state index contributed by atoms with van der Waals surface area (Å²) in [4.78, 5) is 0. The number of hydrogen-bond donors (Lipinski definition) is 1. The molecule has 1 N–H and O–H groups in total. The molecule has 2 atom stereocenters. The first kappa shape index (κ1) is 11.4. The van der Waals surface area contributed by atoms with E-state index in [9.17, 15) is 0 Å². The number of nitrogens with one attached hydrogen (secondary N) is 1. The van der Waals surface area contributed by atoms with Gasteiger partial charge in [-0.25, -0.2) is 0 Å². The maximum absolute atomic E-state index is 3.63. The predicted octanol–water partition coefficient (Wildman–Crippen LogP) is 3.05. The van der Waals surface area contributed by atoms with E-state index in [-0.39, 0.29) is 0 Å². The molecule has 0 radical (unpaired) electrons. The van der Waals surface area contributed by atoms with Crippen LogP contribution in [-0.4, -0.2) is 24.1 Å². The SMILES string of the molecule is CCNC1CCCCCCC1SC. The minimum absolute atomic E-state index is 0.778. The lowest BCUT2D eigenvalue weighted by atomic mass is 9.96. The van der Waals surface area contributed by atoms with Gasteiger partial charge in [0, 0.05) is 11.3 Å². The summed E-state index contributed by atoms with van der Waals surface area (Å²) in [5, 5.41) is 4.49. The molecular formula is C11H23NS. The van der Waals surface area contributed by atoms with Crippen LogP contribution in [0, 0.1) is 0 Å². The van der Waals surface area contributed by atoms with Gasteiger partial charge < -0.3 is 5.32 Å². The van der Waals surface area contributed by atoms with Crippen LogP contribution in [0.3, 0.4) is 0 Å². The molecule has 78 valence electrons. The van der Waals surface area contributed by atoms with Crippen molar-refractivity contribution < 1.29 is 0 Å². The van der Waals surface area contributed by atoms with Crippen LogP contribution in [0.4, 0.5) is 0 Å². The van der Waals surface area contributed by atoms with Gasteiger partial charge in [0.25, 0.3) is 0 Å². The quantitative estimate of drug-likeness (QED) is 0.753. The van der Waals surface area contributed by atoms with Gasteiger partial charge in [0.2, 0.25) is 0 Å². The van der Waals surface area contributed by atoms with Crippen molar-refractivity contribution in [3.8, 4) is 0 Å². The third-order valence-corrected chi connectivity index (χ3v) is 4.14. The summed E-state index contributed by atoms with van der Waals surface area (Å²) in [6, 6.07) is 0.778. The molecule has 1 rings (SSSR count). The van der Waals surface area contributed by atoms with Gasteiger partial charge >= 0.3 is 0 Å². The predicted molar refractivity (Wildman–Crippen MR) is 62.5 cm³/mol. The smallest absolute Gasteiger partial charge is 0.0198 e. The monoisotopic (exact) mass is 201 g/mol. The highest BCUT2D eigenvalue weighted by Crippen LogP contribution is 2.25. The third-order valence-electron chi connectivity index (χ3n) is 2.97. The molecule has 1 aliphatic carbocycles. The van der Waals surface area contributed by atoms with Crippen molar-refractivity contribution in [2.45, 2.75) is 56.7 Å². The maximum Gasteiger partial charge on any atom is 0.0198 e. The highest BCUT2D eigenvalue weighted by Gasteiger charge is 2.20. The second kappa shape index (κ2) is 6.72. The Kier molecular flexibility index (Phi) is 5.88. The van der Waals surface area contributed by atoms with Crippen LogP contribution >= 0.6 is 11.8 Å². The van der Waals surface area contributed by atoms with Crippen molar-refractivity contribution in [2.24, 2.45) is 0 Å². The van der Waals surface area contributed by atoms with E-state index in [1.165, 1.54) is 38.5 Å². The lowest BCUT2D eigenvalue weighted by molar-refractivity contribution is 0.406. The van der Waals surface area contributed by atoms with Crippen molar-refractivity contribution >= 4 is 11.8 Å². The highest BCUT2D eigenvalue weighted by atomic mass is 32.2. The highest BCUT2D eigenvalue weighted by molar-refractivity contribution is 7.99. The lowest BCUT2D eigenvalue weighted by Gasteiger charge is -2.28. The standard InChI is InChI=1S/C11H23NS/c1-3-12-10-8-6-4-5-7-9-11(10)13-2/h10-12H,3-9H2,1-2H3. The summed E-state index contributed by atoms with van der Waals surface area (Å²) in [7, 11) is 0. The topological polar surface area (TPSA) is 12.0 Å². The van der Waals surface area contributed by atoms with E-state index in [0.29, 0.717) is 0 Å². The van der Waals surface area contributed by atoms with E-state index >= 15 is 0 Å². The zero-order valence-corrected chi connectivity index (χ0v) is 9.83. The summed E-state index contributed by atoms with van der Waals surface area (Å²) in [6.07, 6.45) is 10.8. The Bertz CT molecular complexity index is 127. The molecule has 0 heterocycles. The molecule has 1 fully saturated rings. The van der Waals surface area contributed by atoms with Crippen molar-refractivity contribution in [2.75, 3.05) is 12.8 Å². The molecule has 1 aliphatic rings. The fourth-order valence-electron chi connectivity index (χ4n) is 2.23. The van der Waals surface area contributed by atoms with E-state index in [0.717, 1.165) is 17.8 Å². The summed E-state index contributed by atoms with van der Waals surface area (Å²) >= 11 is 2.05. The second-order valence-electron chi connectivity index (χ2n) is 3.93. The van der Waals surface area contributed by atoms with Gasteiger partial charge in [-0.05, 0) is 25.6 Å². The average Bonchev–Trinajstić information content (AvgIpc) is 2.10. The van der Waals surface area contributed by atoms with Crippen LogP contribution in [0.2, 0.25) is 0 Å². The molecule has 0 aromatic heterocycles. The largest absolute Gasteiger partial charge is 0.313 e. The Morgan fingerprint density at radius 2 is 1.85 bits per heavy atom. The molecule has 0 spiro atoms. The zero-order valence-electron chi connectivity index (χ0n) is 9.01. The molecule has 0 aromatic carbocycles. The molecule has 13 heavy (non-hydrogen) atoms. The zero-order chi connectivity index (χ0) is 9.52. The first-order valence-corrected chi connectivity index (χ1v) is 6.93. The fraction of sp³-hybridized carbons (Fsp3) is 1.00. The van der Waals surface area contributed by atoms with Gasteiger partial charge in [-0.3, -0.25) is 0 Å². The summed E-state index contributed by atoms with van der Waals surface area (Å²) < 4.78 is 0. The Morgan fingerprint density at radius 1 is 1.15 bits per heavy atom. The van der Waals surface area contributed by atoms with Gasteiger partial charge in [0.15, 0.2) is 0 Å². The molecule has 0 aromatic rings. The van der Waals surface area contributed by atoms with Gasteiger partial charge in [-0.2, -0.15) is 11.8 Å². The number of thioether (sulfide) groups is 1. The van der Waals surface area contributed by atoms with E-state index in [2.05, 4.69) is 30.3 Å². The van der Waals surface area contributed by atoms with Crippen LogP contribution in [0.15, 0.2) is 0 Å². The molecule has 1 nitrogen and oxygen atoms in total. The van der Waals surface area contributed by atoms with E-state index in [4.69, 9.17) is 0 Å². The fourth-order valence-corrected chi connectivity index (χ4v) is 3.19. The minimum atomic E-state index is 0.778. The van der Waals surface area contributed by atoms with Crippen LogP contribution in [0.5, 0.6) is 0 Å². The first-order chi connectivity index (χ1) is 6.38. The van der Waals surface area contributed by atoms with Crippen LogP contribution in [0.25, 0.3) is 0 Å². The van der Waals surface area contributed by atoms with Crippen LogP contribution in [0.1, 0.15) is 45.4 Å². The normalized spacial score (nSPS) is 30.9. The first-order valence-electron chi connectivity index (χ1n) is 5.64. The van der Waals surface area contributed by atoms with E-state index < -0.39 is 0 Å². The number of rotatable bonds is 3. The van der Waals surface area contributed by atoms with Crippen LogP contribution < -0.4 is 5.32 Å². The summed E-state index contributed by atoms with van der Waals surface area (Å²) in [5.74, 6) is 0. The molecule has 2 unspecified atom stereocenters. The number of hydrogen-bond acceptors (Lipinski definition) is 2. The van der Waals surface area contributed by atoms with Crippen molar-refractivity contribution in [3.05, 3.63) is 0 Å². The lowest BCUT2D eigenvalue weighted by Crippen LogP contribution is -2.38. The molecule has 0 amide bonds. The average molecular weight is 201 g/mol. The van der Waals surface area contributed by atoms with Gasteiger partial charge in [0.1, 0.15) is 0 Å². The summed E-state index contributed by atoms with van der Waals surface area (Å²) in [6.45, 7) is 3.35. The molecule has 0 bridgehead atoms. The van der Waals surface area contributed by atoms with Gasteiger partial charge in [-0.1, -0.05) is 32.6 Å². The Labute approximate surface area is 87.1 Å². The Hall–Kier alpha value is 0.310. The van der Waals surface area contributed by atoms with Crippen molar-refractivity contribution in [3.63, 3.8) is 0 Å². The van der Waals surface area contributed by atoms with Crippen molar-refractivity contribution in [1.82, 2.24) is 5.32 Å². The van der Waals surface area contributed by atoms with E-state index in [1.807, 2.05) is 0 Å². The molecule has 1 saturated carbocycles. The van der Waals surface area contributed by atoms with Crippen molar-refractivity contribution in [1.29, 1.82) is 0 Å². The van der Waals surface area contributed by atoms with Gasteiger partial charge in [-0.15, -0.1) is 0 Å². The Balaban J connectivity index is 2.40. The minimum Gasteiger partial charge on any atom is -0.313 e. The molecule has 0 saturated heterocycles. The Morgan fingerprint density at radius 3 is 2.46 bits per heavy atom. The maximum atomic E-state index is 3.63. The molecule has 2 heteroatoms. The molecule has 0 aliphatic heterocycles. The van der Waals surface area contributed by atoms with Gasteiger partial charge in [0.05, 0.1) is 0 Å².